The Morgan fingerprint density at radius 3 is 2.95 bits per heavy atom. The number of carbonyl (C=O) groups is 2. The number of amides is 2. The molecule has 1 aromatic carbocycles. The molecule has 5 heteroatoms. The highest BCUT2D eigenvalue weighted by atomic mass is 16.5. The normalized spacial score (nSPS) is 23.4. The molecule has 1 saturated heterocycles. The standard InChI is InChI=1S/C17H22N2O3/c1-12-9-13-5-2-3-7-15(13)19(12)17(21)10-16(20)18-11-14-6-4-8-22-14/h2-3,5,7,12,14H,4,6,8-11H2,1H3,(H,18,20). The number of rotatable bonds is 4. The molecule has 0 radical (unpaired) electrons. The van der Waals surface area contributed by atoms with Crippen molar-refractivity contribution < 1.29 is 14.3 Å². The maximum absolute atomic E-state index is 12.5. The number of fused-ring (bicyclic) bond motifs is 1. The first-order valence-electron chi connectivity index (χ1n) is 7.93. The summed E-state index contributed by atoms with van der Waals surface area (Å²) in [5.74, 6) is -0.362. The topological polar surface area (TPSA) is 58.6 Å². The van der Waals surface area contributed by atoms with Crippen LogP contribution in [0.15, 0.2) is 24.3 Å². The van der Waals surface area contributed by atoms with Gasteiger partial charge in [-0.15, -0.1) is 0 Å². The van der Waals surface area contributed by atoms with E-state index in [1.807, 2.05) is 31.2 Å². The summed E-state index contributed by atoms with van der Waals surface area (Å²) in [6, 6.07) is 8.00. The number of nitrogens with one attached hydrogen (secondary N) is 1. The van der Waals surface area contributed by atoms with E-state index in [0.717, 1.165) is 31.6 Å². The number of hydrogen-bond acceptors (Lipinski definition) is 3. The Labute approximate surface area is 130 Å². The fraction of sp³-hybridized carbons (Fsp3) is 0.529. The molecule has 3 rings (SSSR count). The Morgan fingerprint density at radius 1 is 1.36 bits per heavy atom. The van der Waals surface area contributed by atoms with E-state index in [1.54, 1.807) is 4.90 Å². The third kappa shape index (κ3) is 3.14. The predicted molar refractivity (Wildman–Crippen MR) is 83.7 cm³/mol. The highest BCUT2D eigenvalue weighted by molar-refractivity contribution is 6.06. The summed E-state index contributed by atoms with van der Waals surface area (Å²) < 4.78 is 5.46. The minimum atomic E-state index is -0.225. The number of para-hydroxylation sites is 1. The Morgan fingerprint density at radius 2 is 2.18 bits per heavy atom. The van der Waals surface area contributed by atoms with Crippen molar-refractivity contribution in [3.8, 4) is 0 Å². The van der Waals surface area contributed by atoms with Crippen LogP contribution in [-0.2, 0) is 20.7 Å². The third-order valence-electron chi connectivity index (χ3n) is 4.34. The van der Waals surface area contributed by atoms with Gasteiger partial charge in [-0.1, -0.05) is 18.2 Å². The summed E-state index contributed by atoms with van der Waals surface area (Å²) in [5.41, 5.74) is 2.11. The highest BCUT2D eigenvalue weighted by Gasteiger charge is 2.31. The quantitative estimate of drug-likeness (QED) is 0.860. The minimum absolute atomic E-state index is 0.102. The molecule has 0 spiro atoms. The molecule has 2 aliphatic heterocycles. The van der Waals surface area contributed by atoms with E-state index in [9.17, 15) is 9.59 Å². The summed E-state index contributed by atoms with van der Waals surface area (Å²) in [6.07, 6.45) is 2.86. The van der Waals surface area contributed by atoms with Gasteiger partial charge in [0.1, 0.15) is 6.42 Å². The van der Waals surface area contributed by atoms with Crippen LogP contribution >= 0.6 is 0 Å². The molecule has 1 N–H and O–H groups in total. The number of benzene rings is 1. The van der Waals surface area contributed by atoms with Gasteiger partial charge in [0.15, 0.2) is 0 Å². The Balaban J connectivity index is 1.56. The lowest BCUT2D eigenvalue weighted by Crippen LogP contribution is -2.40. The number of hydrogen-bond donors (Lipinski definition) is 1. The SMILES string of the molecule is CC1Cc2ccccc2N1C(=O)CC(=O)NCC1CCCO1. The molecular formula is C17H22N2O3. The van der Waals surface area contributed by atoms with E-state index >= 15 is 0 Å². The predicted octanol–water partition coefficient (Wildman–Crippen LogP) is 1.65. The van der Waals surface area contributed by atoms with Gasteiger partial charge in [-0.3, -0.25) is 9.59 Å². The molecule has 1 aromatic rings. The van der Waals surface area contributed by atoms with Gasteiger partial charge >= 0.3 is 0 Å². The lowest BCUT2D eigenvalue weighted by atomic mass is 10.1. The van der Waals surface area contributed by atoms with E-state index in [0.29, 0.717) is 6.54 Å². The molecule has 2 amide bonds. The summed E-state index contributed by atoms with van der Waals surface area (Å²) >= 11 is 0. The smallest absolute Gasteiger partial charge is 0.236 e. The fourth-order valence-corrected chi connectivity index (χ4v) is 3.26. The van der Waals surface area contributed by atoms with Crippen LogP contribution in [0.2, 0.25) is 0 Å². The van der Waals surface area contributed by atoms with Gasteiger partial charge in [0.25, 0.3) is 0 Å². The van der Waals surface area contributed by atoms with Crippen LogP contribution in [0.25, 0.3) is 0 Å². The van der Waals surface area contributed by atoms with Crippen LogP contribution in [0.4, 0.5) is 5.69 Å². The lowest BCUT2D eigenvalue weighted by molar-refractivity contribution is -0.128. The van der Waals surface area contributed by atoms with Gasteiger partial charge in [0.05, 0.1) is 6.10 Å². The van der Waals surface area contributed by atoms with E-state index < -0.39 is 0 Å². The second kappa shape index (κ2) is 6.48. The lowest BCUT2D eigenvalue weighted by Gasteiger charge is -2.22. The molecule has 0 aliphatic carbocycles. The van der Waals surface area contributed by atoms with Crippen LogP contribution in [-0.4, -0.2) is 37.1 Å². The van der Waals surface area contributed by atoms with Crippen molar-refractivity contribution in [2.45, 2.75) is 44.8 Å². The molecule has 2 aliphatic rings. The van der Waals surface area contributed by atoms with Crippen molar-refractivity contribution in [2.24, 2.45) is 0 Å². The van der Waals surface area contributed by atoms with Crippen LogP contribution < -0.4 is 10.2 Å². The Kier molecular flexibility index (Phi) is 4.43. The van der Waals surface area contributed by atoms with E-state index in [4.69, 9.17) is 4.74 Å². The van der Waals surface area contributed by atoms with E-state index in [1.165, 1.54) is 5.56 Å². The number of nitrogens with zero attached hydrogens (tertiary/aromatic N) is 1. The zero-order chi connectivity index (χ0) is 15.5. The van der Waals surface area contributed by atoms with Gasteiger partial charge < -0.3 is 15.0 Å². The van der Waals surface area contributed by atoms with Crippen molar-refractivity contribution >= 4 is 17.5 Å². The molecule has 118 valence electrons. The number of carbonyl (C=O) groups excluding carboxylic acids is 2. The van der Waals surface area contributed by atoms with E-state index in [2.05, 4.69) is 5.32 Å². The van der Waals surface area contributed by atoms with Crippen LogP contribution in [0.1, 0.15) is 31.7 Å². The highest BCUT2D eigenvalue weighted by Crippen LogP contribution is 2.32. The monoisotopic (exact) mass is 302 g/mol. The third-order valence-corrected chi connectivity index (χ3v) is 4.34. The second-order valence-electron chi connectivity index (χ2n) is 6.06. The van der Waals surface area contributed by atoms with Crippen LogP contribution in [0.5, 0.6) is 0 Å². The zero-order valence-electron chi connectivity index (χ0n) is 12.9. The van der Waals surface area contributed by atoms with Gasteiger partial charge in [-0.25, -0.2) is 0 Å². The van der Waals surface area contributed by atoms with Crippen molar-refractivity contribution in [3.05, 3.63) is 29.8 Å². The first-order valence-corrected chi connectivity index (χ1v) is 7.93. The van der Waals surface area contributed by atoms with E-state index in [-0.39, 0.29) is 30.4 Å². The average molecular weight is 302 g/mol. The van der Waals surface area contributed by atoms with Crippen LogP contribution in [0.3, 0.4) is 0 Å². The van der Waals surface area contributed by atoms with Gasteiger partial charge in [-0.05, 0) is 37.8 Å². The van der Waals surface area contributed by atoms with Crippen molar-refractivity contribution in [1.29, 1.82) is 0 Å². The summed E-state index contributed by atoms with van der Waals surface area (Å²) in [5, 5.41) is 2.81. The molecule has 5 nitrogen and oxygen atoms in total. The summed E-state index contributed by atoms with van der Waals surface area (Å²) in [6.45, 7) is 3.28. The number of ether oxygens (including phenoxy) is 1. The first-order chi connectivity index (χ1) is 10.6. The maximum atomic E-state index is 12.5. The molecule has 2 unspecified atom stereocenters. The second-order valence-corrected chi connectivity index (χ2v) is 6.06. The molecule has 0 aromatic heterocycles. The van der Waals surface area contributed by atoms with Gasteiger partial charge in [-0.2, -0.15) is 0 Å². The average Bonchev–Trinajstić information content (AvgIpc) is 3.11. The zero-order valence-corrected chi connectivity index (χ0v) is 12.9. The molecule has 1 fully saturated rings. The summed E-state index contributed by atoms with van der Waals surface area (Å²) in [4.78, 5) is 26.2. The molecule has 0 bridgehead atoms. The van der Waals surface area contributed by atoms with Crippen molar-refractivity contribution in [3.63, 3.8) is 0 Å². The summed E-state index contributed by atoms with van der Waals surface area (Å²) in [7, 11) is 0. The molecule has 0 saturated carbocycles. The fourth-order valence-electron chi connectivity index (χ4n) is 3.26. The van der Waals surface area contributed by atoms with Crippen LogP contribution in [0, 0.1) is 0 Å². The Bertz CT molecular complexity index is 567. The van der Waals surface area contributed by atoms with Crippen molar-refractivity contribution in [1.82, 2.24) is 5.32 Å². The minimum Gasteiger partial charge on any atom is -0.376 e. The molecule has 2 atom stereocenters. The largest absolute Gasteiger partial charge is 0.376 e. The van der Waals surface area contributed by atoms with Gasteiger partial charge in [0.2, 0.25) is 11.8 Å². The first kappa shape index (κ1) is 15.0. The van der Waals surface area contributed by atoms with Gasteiger partial charge in [0, 0.05) is 24.9 Å². The molecule has 22 heavy (non-hydrogen) atoms. The molecular weight excluding hydrogens is 280 g/mol. The Hall–Kier alpha value is -1.88. The number of anilines is 1. The van der Waals surface area contributed by atoms with Crippen molar-refractivity contribution in [2.75, 3.05) is 18.1 Å². The molecule has 2 heterocycles. The maximum Gasteiger partial charge on any atom is 0.236 e.